The molecule has 0 saturated carbocycles. The summed E-state index contributed by atoms with van der Waals surface area (Å²) in [5.41, 5.74) is 1.52. The highest BCUT2D eigenvalue weighted by Gasteiger charge is 2.35. The Morgan fingerprint density at radius 1 is 1.04 bits per heavy atom. The van der Waals surface area contributed by atoms with Crippen LogP contribution in [0.2, 0.25) is 0 Å². The first-order chi connectivity index (χ1) is 13.5. The SMILES string of the molecule is C/C=C/c1ccc(OCC(=O)OCN2C(=O)c3ccccc3C2=O)c(OC)c1. The van der Waals surface area contributed by atoms with Crippen LogP contribution < -0.4 is 9.47 Å². The smallest absolute Gasteiger partial charge is 0.345 e. The molecule has 1 aliphatic rings. The summed E-state index contributed by atoms with van der Waals surface area (Å²) in [6, 6.07) is 11.7. The second kappa shape index (κ2) is 8.39. The van der Waals surface area contributed by atoms with Gasteiger partial charge in [0.15, 0.2) is 24.8 Å². The van der Waals surface area contributed by atoms with Gasteiger partial charge >= 0.3 is 5.97 Å². The van der Waals surface area contributed by atoms with Crippen molar-refractivity contribution in [1.82, 2.24) is 4.90 Å². The van der Waals surface area contributed by atoms with Gasteiger partial charge < -0.3 is 14.2 Å². The van der Waals surface area contributed by atoms with Gasteiger partial charge in [-0.1, -0.05) is 30.4 Å². The number of fused-ring (bicyclic) bond motifs is 1. The molecule has 2 amide bonds. The first-order valence-electron chi connectivity index (χ1n) is 8.59. The molecule has 0 saturated heterocycles. The fourth-order valence-electron chi connectivity index (χ4n) is 2.77. The normalized spacial score (nSPS) is 13.0. The average Bonchev–Trinajstić information content (AvgIpc) is 2.96. The summed E-state index contributed by atoms with van der Waals surface area (Å²) in [6.45, 7) is 1.05. The van der Waals surface area contributed by atoms with Crippen molar-refractivity contribution >= 4 is 23.9 Å². The first-order valence-corrected chi connectivity index (χ1v) is 8.59. The Morgan fingerprint density at radius 2 is 1.71 bits per heavy atom. The Labute approximate surface area is 162 Å². The van der Waals surface area contributed by atoms with E-state index in [2.05, 4.69) is 0 Å². The lowest BCUT2D eigenvalue weighted by Crippen LogP contribution is -2.34. The summed E-state index contributed by atoms with van der Waals surface area (Å²) in [6.07, 6.45) is 3.80. The third kappa shape index (κ3) is 3.88. The Kier molecular flexibility index (Phi) is 5.74. The maximum Gasteiger partial charge on any atom is 0.345 e. The van der Waals surface area contributed by atoms with Crippen molar-refractivity contribution in [2.45, 2.75) is 6.92 Å². The zero-order valence-electron chi connectivity index (χ0n) is 15.5. The molecule has 0 atom stereocenters. The van der Waals surface area contributed by atoms with Crippen LogP contribution in [0.1, 0.15) is 33.2 Å². The van der Waals surface area contributed by atoms with Gasteiger partial charge in [0, 0.05) is 0 Å². The monoisotopic (exact) mass is 381 g/mol. The van der Waals surface area contributed by atoms with E-state index in [4.69, 9.17) is 14.2 Å². The van der Waals surface area contributed by atoms with Gasteiger partial charge in [0.05, 0.1) is 18.2 Å². The van der Waals surface area contributed by atoms with Crippen LogP contribution in [0.5, 0.6) is 11.5 Å². The molecule has 1 heterocycles. The van der Waals surface area contributed by atoms with Gasteiger partial charge in [0.2, 0.25) is 0 Å². The number of hydrogen-bond acceptors (Lipinski definition) is 6. The number of rotatable bonds is 7. The van der Waals surface area contributed by atoms with Crippen LogP contribution in [0, 0.1) is 0 Å². The van der Waals surface area contributed by atoms with Gasteiger partial charge in [-0.05, 0) is 36.8 Å². The fraction of sp³-hybridized carbons (Fsp3) is 0.190. The second-order valence-electron chi connectivity index (χ2n) is 5.93. The molecule has 7 heteroatoms. The van der Waals surface area contributed by atoms with Crippen LogP contribution in [0.4, 0.5) is 0 Å². The Balaban J connectivity index is 1.56. The van der Waals surface area contributed by atoms with Crippen molar-refractivity contribution < 1.29 is 28.6 Å². The van der Waals surface area contributed by atoms with Crippen molar-refractivity contribution in [2.75, 3.05) is 20.4 Å². The largest absolute Gasteiger partial charge is 0.493 e. The van der Waals surface area contributed by atoms with Crippen LogP contribution in [-0.4, -0.2) is 43.1 Å². The number of methoxy groups -OCH3 is 1. The highest BCUT2D eigenvalue weighted by atomic mass is 16.6. The number of carbonyl (C=O) groups excluding carboxylic acids is 3. The van der Waals surface area contributed by atoms with Gasteiger partial charge in [0.25, 0.3) is 11.8 Å². The summed E-state index contributed by atoms with van der Waals surface area (Å²) >= 11 is 0. The minimum absolute atomic E-state index is 0.297. The number of ether oxygens (including phenoxy) is 3. The van der Waals surface area contributed by atoms with Crippen LogP contribution in [-0.2, 0) is 9.53 Å². The molecule has 0 aliphatic carbocycles. The van der Waals surface area contributed by atoms with Gasteiger partial charge in [-0.3, -0.25) is 9.59 Å². The third-order valence-corrected chi connectivity index (χ3v) is 4.13. The van der Waals surface area contributed by atoms with E-state index in [0.29, 0.717) is 22.6 Å². The molecule has 2 aromatic rings. The quantitative estimate of drug-likeness (QED) is 0.542. The second-order valence-corrected chi connectivity index (χ2v) is 5.93. The van der Waals surface area contributed by atoms with Crippen molar-refractivity contribution in [1.29, 1.82) is 0 Å². The van der Waals surface area contributed by atoms with E-state index >= 15 is 0 Å². The zero-order valence-corrected chi connectivity index (χ0v) is 15.5. The van der Waals surface area contributed by atoms with Gasteiger partial charge in [-0.25, -0.2) is 9.69 Å². The molecule has 0 fully saturated rings. The Hall–Kier alpha value is -3.61. The van der Waals surface area contributed by atoms with Crippen LogP contribution in [0.25, 0.3) is 6.08 Å². The topological polar surface area (TPSA) is 82.1 Å². The fourth-order valence-corrected chi connectivity index (χ4v) is 2.77. The number of benzene rings is 2. The first kappa shape index (κ1) is 19.2. The molecule has 28 heavy (non-hydrogen) atoms. The molecule has 0 spiro atoms. The summed E-state index contributed by atoms with van der Waals surface area (Å²) < 4.78 is 15.7. The molecule has 0 unspecified atom stereocenters. The molecular weight excluding hydrogens is 362 g/mol. The van der Waals surface area contributed by atoms with Crippen LogP contribution >= 0.6 is 0 Å². The van der Waals surface area contributed by atoms with E-state index in [9.17, 15) is 14.4 Å². The summed E-state index contributed by atoms with van der Waals surface area (Å²) in [4.78, 5) is 37.3. The average molecular weight is 381 g/mol. The number of amides is 2. The van der Waals surface area contributed by atoms with Crippen molar-refractivity contribution in [3.8, 4) is 11.5 Å². The van der Waals surface area contributed by atoms with E-state index < -0.39 is 24.5 Å². The van der Waals surface area contributed by atoms with Gasteiger partial charge in [-0.2, -0.15) is 0 Å². The number of allylic oxidation sites excluding steroid dienone is 1. The van der Waals surface area contributed by atoms with E-state index in [1.807, 2.05) is 25.1 Å². The molecule has 144 valence electrons. The number of carbonyl (C=O) groups is 3. The summed E-state index contributed by atoms with van der Waals surface area (Å²) in [5.74, 6) is -0.834. The zero-order chi connectivity index (χ0) is 20.1. The standard InChI is InChI=1S/C21H19NO6/c1-3-6-14-9-10-17(18(11-14)26-2)27-12-19(23)28-13-22-20(24)15-7-4-5-8-16(15)21(22)25/h3-11H,12-13H2,1-2H3/b6-3+. The Bertz CT molecular complexity index is 915. The molecule has 0 radical (unpaired) electrons. The lowest BCUT2D eigenvalue weighted by molar-refractivity contribution is -0.148. The predicted molar refractivity (Wildman–Crippen MR) is 101 cm³/mol. The number of hydrogen-bond donors (Lipinski definition) is 0. The van der Waals surface area contributed by atoms with E-state index in [-0.39, 0.29) is 6.61 Å². The van der Waals surface area contributed by atoms with Crippen LogP contribution in [0.3, 0.4) is 0 Å². The molecule has 0 N–H and O–H groups in total. The molecular formula is C21H19NO6. The summed E-state index contributed by atoms with van der Waals surface area (Å²) in [5, 5.41) is 0. The van der Waals surface area contributed by atoms with Crippen molar-refractivity contribution in [3.63, 3.8) is 0 Å². The lowest BCUT2D eigenvalue weighted by Gasteiger charge is -2.15. The number of nitrogens with zero attached hydrogens (tertiary/aromatic N) is 1. The van der Waals surface area contributed by atoms with E-state index in [1.54, 1.807) is 36.4 Å². The number of imide groups is 1. The molecule has 7 nitrogen and oxygen atoms in total. The van der Waals surface area contributed by atoms with E-state index in [1.165, 1.54) is 7.11 Å². The highest BCUT2D eigenvalue weighted by Crippen LogP contribution is 2.28. The molecule has 3 rings (SSSR count). The van der Waals surface area contributed by atoms with Crippen molar-refractivity contribution in [3.05, 3.63) is 65.2 Å². The summed E-state index contributed by atoms with van der Waals surface area (Å²) in [7, 11) is 1.50. The Morgan fingerprint density at radius 3 is 2.32 bits per heavy atom. The molecule has 2 aromatic carbocycles. The predicted octanol–water partition coefficient (Wildman–Crippen LogP) is 2.90. The van der Waals surface area contributed by atoms with Gasteiger partial charge in [-0.15, -0.1) is 0 Å². The van der Waals surface area contributed by atoms with Crippen molar-refractivity contribution in [2.24, 2.45) is 0 Å². The molecule has 0 bridgehead atoms. The van der Waals surface area contributed by atoms with E-state index in [0.717, 1.165) is 10.5 Å². The molecule has 0 aromatic heterocycles. The maximum atomic E-state index is 12.2. The third-order valence-electron chi connectivity index (χ3n) is 4.13. The maximum absolute atomic E-state index is 12.2. The highest BCUT2D eigenvalue weighted by molar-refractivity contribution is 6.21. The van der Waals surface area contributed by atoms with Crippen LogP contribution in [0.15, 0.2) is 48.5 Å². The number of esters is 1. The minimum atomic E-state index is -0.712. The minimum Gasteiger partial charge on any atom is -0.493 e. The molecule has 1 aliphatic heterocycles. The van der Waals surface area contributed by atoms with Gasteiger partial charge in [0.1, 0.15) is 0 Å². The lowest BCUT2D eigenvalue weighted by atomic mass is 10.1.